The van der Waals surface area contributed by atoms with Crippen molar-refractivity contribution in [1.82, 2.24) is 10.6 Å². The summed E-state index contributed by atoms with van der Waals surface area (Å²) in [5, 5.41) is 22.3. The van der Waals surface area contributed by atoms with Crippen LogP contribution in [0.15, 0.2) is 0 Å². The molecule has 0 saturated heterocycles. The topological polar surface area (TPSA) is 159 Å². The molecular weight excluding hydrogens is 338 g/mol. The molecule has 0 rings (SSSR count). The van der Waals surface area contributed by atoms with Gasteiger partial charge in [0.15, 0.2) is 0 Å². The molecule has 0 bridgehead atoms. The van der Waals surface area contributed by atoms with E-state index in [1.807, 2.05) is 0 Å². The van der Waals surface area contributed by atoms with E-state index in [1.165, 1.54) is 13.8 Å². The Kier molecular flexibility index (Phi) is 9.16. The van der Waals surface area contributed by atoms with E-state index in [1.54, 1.807) is 0 Å². The summed E-state index contributed by atoms with van der Waals surface area (Å²) in [7, 11) is 0. The fourth-order valence-corrected chi connectivity index (χ4v) is 1.99. The number of carbonyl (C=O) groups is 4. The third kappa shape index (κ3) is 8.16. The van der Waals surface area contributed by atoms with Gasteiger partial charge >= 0.3 is 11.9 Å². The van der Waals surface area contributed by atoms with E-state index < -0.39 is 47.8 Å². The molecule has 24 heavy (non-hydrogen) atoms. The molecule has 10 heteroatoms. The molecule has 0 saturated carbocycles. The van der Waals surface area contributed by atoms with Crippen molar-refractivity contribution in [3.05, 3.63) is 0 Å². The van der Waals surface area contributed by atoms with Crippen LogP contribution in [0.25, 0.3) is 0 Å². The lowest BCUT2D eigenvalue weighted by Gasteiger charge is -2.22. The Morgan fingerprint density at radius 3 is 2.17 bits per heavy atom. The van der Waals surface area contributed by atoms with Gasteiger partial charge in [-0.05, 0) is 18.8 Å². The summed E-state index contributed by atoms with van der Waals surface area (Å²) in [6.07, 6.45) is 0.264. The van der Waals surface area contributed by atoms with Crippen LogP contribution in [0.1, 0.15) is 34.5 Å². The summed E-state index contributed by atoms with van der Waals surface area (Å²) in [5.41, 5.74) is 5.32. The van der Waals surface area contributed by atoms with E-state index in [9.17, 15) is 19.2 Å². The first-order valence-electron chi connectivity index (χ1n) is 7.89. The molecule has 0 aromatic carbocycles. The highest BCUT2D eigenvalue weighted by Crippen LogP contribution is 2.04. The number of carboxylic acid groups (broad SMARTS) is 2. The van der Waals surface area contributed by atoms with Crippen molar-refractivity contribution >= 4 is 36.4 Å². The maximum atomic E-state index is 12.1. The molecule has 6 N–H and O–H groups in total. The van der Waals surface area contributed by atoms with Crippen LogP contribution in [0, 0.1) is 5.92 Å². The van der Waals surface area contributed by atoms with Crippen LogP contribution >= 0.6 is 12.6 Å². The molecule has 0 heterocycles. The van der Waals surface area contributed by atoms with Crippen molar-refractivity contribution in [2.24, 2.45) is 11.7 Å². The number of amides is 2. The number of thiol groups is 1. The van der Waals surface area contributed by atoms with E-state index >= 15 is 0 Å². The zero-order chi connectivity index (χ0) is 19.8. The van der Waals surface area contributed by atoms with Crippen molar-refractivity contribution in [1.29, 1.82) is 0 Å². The number of aliphatic carboxylic acids is 2. The van der Waals surface area contributed by atoms with Gasteiger partial charge in [-0.15, -0.1) is 0 Å². The molecule has 0 fully saturated rings. The first-order valence-corrected chi connectivity index (χ1v) is 8.03. The SMILES string of the molecule is [2H][C@](NC(=O)[C@H](CS)NC(=O)CCC[C@@H](N)C(=O)O)(C(=O)O)C(C)C. The van der Waals surface area contributed by atoms with Crippen molar-refractivity contribution < 1.29 is 30.8 Å². The van der Waals surface area contributed by atoms with Crippen LogP contribution in [0.3, 0.4) is 0 Å². The molecule has 2 amide bonds. The molecule has 9 nitrogen and oxygen atoms in total. The maximum Gasteiger partial charge on any atom is 0.326 e. The summed E-state index contributed by atoms with van der Waals surface area (Å²) in [6, 6.07) is -4.41. The van der Waals surface area contributed by atoms with Gasteiger partial charge < -0.3 is 26.6 Å². The van der Waals surface area contributed by atoms with Crippen molar-refractivity contribution in [3.63, 3.8) is 0 Å². The van der Waals surface area contributed by atoms with Crippen LogP contribution in [0.4, 0.5) is 0 Å². The quantitative estimate of drug-likeness (QED) is 0.262. The zero-order valence-electron chi connectivity index (χ0n) is 14.6. The van der Waals surface area contributed by atoms with E-state index in [0.717, 1.165) is 0 Å². The molecule has 3 atom stereocenters. The lowest BCUT2D eigenvalue weighted by Crippen LogP contribution is -2.53. The fraction of sp³-hybridized carbons (Fsp3) is 0.714. The Hall–Kier alpha value is -1.81. The summed E-state index contributed by atoms with van der Waals surface area (Å²) < 4.78 is 7.87. The van der Waals surface area contributed by atoms with E-state index in [4.69, 9.17) is 17.3 Å². The molecule has 0 aliphatic heterocycles. The lowest BCUT2D eigenvalue weighted by atomic mass is 10.0. The third-order valence-electron chi connectivity index (χ3n) is 3.14. The van der Waals surface area contributed by atoms with Gasteiger partial charge in [0.25, 0.3) is 0 Å². The minimum Gasteiger partial charge on any atom is -0.480 e. The number of hydrogen-bond acceptors (Lipinski definition) is 6. The molecule has 0 unspecified atom stereocenters. The van der Waals surface area contributed by atoms with E-state index in [2.05, 4.69) is 23.3 Å². The van der Waals surface area contributed by atoms with Gasteiger partial charge in [-0.1, -0.05) is 13.8 Å². The molecule has 0 aromatic heterocycles. The van der Waals surface area contributed by atoms with E-state index in [-0.39, 0.29) is 25.0 Å². The third-order valence-corrected chi connectivity index (χ3v) is 3.50. The van der Waals surface area contributed by atoms with Gasteiger partial charge in [0.05, 0.1) is 1.37 Å². The molecule has 0 aromatic rings. The van der Waals surface area contributed by atoms with Crippen LogP contribution < -0.4 is 16.4 Å². The molecular formula is C14H25N3O6S. The first kappa shape index (κ1) is 20.2. The summed E-state index contributed by atoms with van der Waals surface area (Å²) >= 11 is 3.95. The lowest BCUT2D eigenvalue weighted by molar-refractivity contribution is -0.143. The van der Waals surface area contributed by atoms with Gasteiger partial charge in [-0.2, -0.15) is 12.6 Å². The average Bonchev–Trinajstić information content (AvgIpc) is 2.51. The zero-order valence-corrected chi connectivity index (χ0v) is 14.5. The Labute approximate surface area is 147 Å². The van der Waals surface area contributed by atoms with Crippen LogP contribution in [0.2, 0.25) is 0 Å². The van der Waals surface area contributed by atoms with Crippen LogP contribution in [-0.2, 0) is 19.2 Å². The highest BCUT2D eigenvalue weighted by molar-refractivity contribution is 7.80. The summed E-state index contributed by atoms with van der Waals surface area (Å²) in [5.74, 6) is -4.84. The molecule has 0 spiro atoms. The van der Waals surface area contributed by atoms with Crippen molar-refractivity contribution in [2.75, 3.05) is 5.75 Å². The summed E-state index contributed by atoms with van der Waals surface area (Å²) in [6.45, 7) is 2.95. The molecule has 0 radical (unpaired) electrons. The van der Waals surface area contributed by atoms with Crippen molar-refractivity contribution in [2.45, 2.75) is 51.2 Å². The molecule has 138 valence electrons. The standard InChI is InChI=1S/C14H25N3O6S/c1-7(2)11(14(22)23)17-12(19)9(6-24)16-10(18)5-3-4-8(15)13(20)21/h7-9,11,24H,3-6,15H2,1-2H3,(H,16,18)(H,17,19)(H,20,21)(H,22,23)/t8-,9+,11-/m1/s1/i11D. The second-order valence-corrected chi connectivity index (χ2v) is 5.87. The minimum atomic E-state index is -2.22. The van der Waals surface area contributed by atoms with Crippen LogP contribution in [-0.4, -0.2) is 57.8 Å². The highest BCUT2D eigenvalue weighted by Gasteiger charge is 2.27. The number of carbonyl (C=O) groups excluding carboxylic acids is 2. The predicted molar refractivity (Wildman–Crippen MR) is 89.7 cm³/mol. The number of nitrogens with one attached hydrogen (secondary N) is 2. The van der Waals surface area contributed by atoms with Gasteiger partial charge in [-0.25, -0.2) is 4.79 Å². The second-order valence-electron chi connectivity index (χ2n) is 5.50. The fourth-order valence-electron chi connectivity index (χ4n) is 1.73. The smallest absolute Gasteiger partial charge is 0.326 e. The minimum absolute atomic E-state index is 0.0479. The maximum absolute atomic E-state index is 12.1. The number of nitrogens with two attached hydrogens (primary N) is 1. The Morgan fingerprint density at radius 1 is 1.17 bits per heavy atom. The van der Waals surface area contributed by atoms with Gasteiger partial charge in [0.2, 0.25) is 11.8 Å². The Balaban J connectivity index is 4.67. The van der Waals surface area contributed by atoms with Gasteiger partial charge in [-0.3, -0.25) is 14.4 Å². The monoisotopic (exact) mass is 364 g/mol. The predicted octanol–water partition coefficient (Wildman–Crippen LogP) is -0.791. The number of carboxylic acids is 2. The van der Waals surface area contributed by atoms with Gasteiger partial charge in [0.1, 0.15) is 18.1 Å². The normalized spacial score (nSPS) is 16.5. The first-order chi connectivity index (χ1) is 11.5. The largest absolute Gasteiger partial charge is 0.480 e. The van der Waals surface area contributed by atoms with E-state index in [0.29, 0.717) is 0 Å². The van der Waals surface area contributed by atoms with Crippen molar-refractivity contribution in [3.8, 4) is 0 Å². The summed E-state index contributed by atoms with van der Waals surface area (Å²) in [4.78, 5) is 45.8. The number of rotatable bonds is 11. The molecule has 0 aliphatic rings. The van der Waals surface area contributed by atoms with Crippen LogP contribution in [0.5, 0.6) is 0 Å². The Bertz CT molecular complexity index is 519. The van der Waals surface area contributed by atoms with Gasteiger partial charge in [0, 0.05) is 12.2 Å². The Morgan fingerprint density at radius 2 is 1.75 bits per heavy atom. The average molecular weight is 364 g/mol. The number of hydrogen-bond donors (Lipinski definition) is 6. The second kappa shape index (κ2) is 10.9. The molecule has 0 aliphatic carbocycles. The highest BCUT2D eigenvalue weighted by atomic mass is 32.1.